The Balaban J connectivity index is 1.66. The van der Waals surface area contributed by atoms with Crippen LogP contribution in [0.1, 0.15) is 38.9 Å². The first kappa shape index (κ1) is 21.0. The molecule has 2 aromatic rings. The van der Waals surface area contributed by atoms with E-state index < -0.39 is 0 Å². The standard InChI is InChI=1S/C21H33N5O/c1-4-22-21(24-16-18(2)17-26-14-8-13-25-26)23-12-9-15-27-19(3)20-10-6-5-7-11-20/h5-8,10-11,13-14,18-19H,4,9,12,15-17H2,1-3H3,(H2,22,23,24). The highest BCUT2D eigenvalue weighted by Gasteiger charge is 2.06. The largest absolute Gasteiger partial charge is 0.374 e. The summed E-state index contributed by atoms with van der Waals surface area (Å²) in [5.74, 6) is 1.29. The maximum atomic E-state index is 5.92. The predicted octanol–water partition coefficient (Wildman–Crippen LogP) is 3.24. The van der Waals surface area contributed by atoms with Gasteiger partial charge in [0, 0.05) is 45.2 Å². The summed E-state index contributed by atoms with van der Waals surface area (Å²) in [5.41, 5.74) is 1.21. The maximum Gasteiger partial charge on any atom is 0.191 e. The summed E-state index contributed by atoms with van der Waals surface area (Å²) in [5, 5.41) is 10.9. The zero-order valence-corrected chi connectivity index (χ0v) is 16.8. The van der Waals surface area contributed by atoms with E-state index in [0.717, 1.165) is 45.2 Å². The van der Waals surface area contributed by atoms with E-state index in [4.69, 9.17) is 4.74 Å². The van der Waals surface area contributed by atoms with Crippen molar-refractivity contribution in [1.29, 1.82) is 0 Å². The van der Waals surface area contributed by atoms with Crippen LogP contribution in [0.2, 0.25) is 0 Å². The predicted molar refractivity (Wildman–Crippen MR) is 111 cm³/mol. The molecule has 2 N–H and O–H groups in total. The number of aliphatic imine (C=N–C) groups is 1. The van der Waals surface area contributed by atoms with Crippen LogP contribution in [0.25, 0.3) is 0 Å². The molecule has 2 atom stereocenters. The molecule has 0 saturated carbocycles. The molecule has 2 unspecified atom stereocenters. The Morgan fingerprint density at radius 1 is 1.19 bits per heavy atom. The van der Waals surface area contributed by atoms with Gasteiger partial charge in [-0.15, -0.1) is 0 Å². The van der Waals surface area contributed by atoms with Crippen LogP contribution in [0, 0.1) is 5.92 Å². The third-order valence-electron chi connectivity index (χ3n) is 4.21. The van der Waals surface area contributed by atoms with E-state index in [-0.39, 0.29) is 6.10 Å². The van der Waals surface area contributed by atoms with Crippen LogP contribution in [0.4, 0.5) is 0 Å². The maximum absolute atomic E-state index is 5.92. The zero-order valence-electron chi connectivity index (χ0n) is 16.8. The van der Waals surface area contributed by atoms with Crippen LogP contribution in [0.15, 0.2) is 53.8 Å². The number of guanidine groups is 1. The Labute approximate surface area is 163 Å². The third kappa shape index (κ3) is 8.26. The molecule has 0 aliphatic heterocycles. The quantitative estimate of drug-likeness (QED) is 0.362. The van der Waals surface area contributed by atoms with Crippen LogP contribution in [-0.4, -0.2) is 42.0 Å². The van der Waals surface area contributed by atoms with Gasteiger partial charge in [0.15, 0.2) is 5.96 Å². The molecule has 6 heteroatoms. The number of nitrogens with zero attached hydrogens (tertiary/aromatic N) is 3. The Bertz CT molecular complexity index is 642. The van der Waals surface area contributed by atoms with Gasteiger partial charge in [0.2, 0.25) is 0 Å². The first-order valence-electron chi connectivity index (χ1n) is 9.85. The van der Waals surface area contributed by atoms with E-state index in [0.29, 0.717) is 5.92 Å². The first-order chi connectivity index (χ1) is 13.2. The fourth-order valence-corrected chi connectivity index (χ4v) is 2.73. The molecule has 1 aromatic heterocycles. The van der Waals surface area contributed by atoms with Gasteiger partial charge in [-0.05, 0) is 37.8 Å². The molecule has 0 fully saturated rings. The van der Waals surface area contributed by atoms with Crippen molar-refractivity contribution >= 4 is 5.96 Å². The highest BCUT2D eigenvalue weighted by molar-refractivity contribution is 5.79. The SMILES string of the molecule is CCNC(=NCC(C)Cn1cccn1)NCCCOC(C)c1ccccc1. The lowest BCUT2D eigenvalue weighted by atomic mass is 10.1. The molecule has 1 heterocycles. The van der Waals surface area contributed by atoms with E-state index in [2.05, 4.69) is 53.6 Å². The summed E-state index contributed by atoms with van der Waals surface area (Å²) < 4.78 is 7.87. The van der Waals surface area contributed by atoms with Gasteiger partial charge >= 0.3 is 0 Å². The molecule has 2 rings (SSSR count). The number of aromatic nitrogens is 2. The third-order valence-corrected chi connectivity index (χ3v) is 4.21. The summed E-state index contributed by atoms with van der Waals surface area (Å²) in [6.45, 7) is 10.4. The summed E-state index contributed by atoms with van der Waals surface area (Å²) in [6, 6.07) is 12.3. The number of hydrogen-bond acceptors (Lipinski definition) is 3. The van der Waals surface area contributed by atoms with Crippen LogP contribution >= 0.6 is 0 Å². The Hall–Kier alpha value is -2.34. The molecule has 0 saturated heterocycles. The van der Waals surface area contributed by atoms with Crippen molar-refractivity contribution in [2.75, 3.05) is 26.2 Å². The van der Waals surface area contributed by atoms with Crippen molar-refractivity contribution in [3.8, 4) is 0 Å². The molecule has 0 spiro atoms. The second kappa shape index (κ2) is 12.1. The molecular formula is C21H33N5O. The topological polar surface area (TPSA) is 63.5 Å². The molecule has 148 valence electrons. The molecule has 6 nitrogen and oxygen atoms in total. The molecular weight excluding hydrogens is 338 g/mol. The van der Waals surface area contributed by atoms with Crippen molar-refractivity contribution in [3.05, 3.63) is 54.4 Å². The van der Waals surface area contributed by atoms with Crippen molar-refractivity contribution in [3.63, 3.8) is 0 Å². The van der Waals surface area contributed by atoms with Crippen molar-refractivity contribution in [1.82, 2.24) is 20.4 Å². The molecule has 1 aromatic carbocycles. The molecule has 0 radical (unpaired) electrons. The van der Waals surface area contributed by atoms with Crippen molar-refractivity contribution < 1.29 is 4.74 Å². The van der Waals surface area contributed by atoms with Gasteiger partial charge in [-0.25, -0.2) is 0 Å². The lowest BCUT2D eigenvalue weighted by Gasteiger charge is -2.15. The van der Waals surface area contributed by atoms with Crippen LogP contribution < -0.4 is 10.6 Å². The monoisotopic (exact) mass is 371 g/mol. The number of nitrogens with one attached hydrogen (secondary N) is 2. The second-order valence-corrected chi connectivity index (χ2v) is 6.76. The Morgan fingerprint density at radius 3 is 2.70 bits per heavy atom. The fraction of sp³-hybridized carbons (Fsp3) is 0.524. The van der Waals surface area contributed by atoms with Gasteiger partial charge in [0.05, 0.1) is 6.10 Å². The zero-order chi connectivity index (χ0) is 19.3. The number of hydrogen-bond donors (Lipinski definition) is 2. The number of ether oxygens (including phenoxy) is 1. The minimum atomic E-state index is 0.122. The fourth-order valence-electron chi connectivity index (χ4n) is 2.73. The van der Waals surface area contributed by atoms with Crippen LogP contribution in [0.3, 0.4) is 0 Å². The molecule has 0 bridgehead atoms. The minimum Gasteiger partial charge on any atom is -0.374 e. The average molecular weight is 372 g/mol. The van der Waals surface area contributed by atoms with Crippen molar-refractivity contribution in [2.24, 2.45) is 10.9 Å². The second-order valence-electron chi connectivity index (χ2n) is 6.76. The smallest absolute Gasteiger partial charge is 0.191 e. The molecule has 0 aliphatic carbocycles. The highest BCUT2D eigenvalue weighted by atomic mass is 16.5. The Morgan fingerprint density at radius 2 is 2.00 bits per heavy atom. The van der Waals surface area contributed by atoms with E-state index in [1.165, 1.54) is 5.56 Å². The molecule has 0 aliphatic rings. The van der Waals surface area contributed by atoms with Crippen LogP contribution in [0.5, 0.6) is 0 Å². The highest BCUT2D eigenvalue weighted by Crippen LogP contribution is 2.15. The van der Waals surface area contributed by atoms with Crippen molar-refractivity contribution in [2.45, 2.75) is 39.8 Å². The summed E-state index contributed by atoms with van der Waals surface area (Å²) >= 11 is 0. The van der Waals surface area contributed by atoms with Gasteiger partial charge in [0.1, 0.15) is 0 Å². The van der Waals surface area contributed by atoms with E-state index in [9.17, 15) is 0 Å². The molecule has 27 heavy (non-hydrogen) atoms. The lowest BCUT2D eigenvalue weighted by Crippen LogP contribution is -2.38. The number of rotatable bonds is 11. The number of benzene rings is 1. The Kier molecular flexibility index (Phi) is 9.41. The van der Waals surface area contributed by atoms with Gasteiger partial charge in [0.25, 0.3) is 0 Å². The van der Waals surface area contributed by atoms with Gasteiger partial charge in [-0.1, -0.05) is 37.3 Å². The molecule has 0 amide bonds. The first-order valence-corrected chi connectivity index (χ1v) is 9.85. The van der Waals surface area contributed by atoms with Gasteiger partial charge < -0.3 is 15.4 Å². The summed E-state index contributed by atoms with van der Waals surface area (Å²) in [7, 11) is 0. The van der Waals surface area contributed by atoms with Gasteiger partial charge in [-0.3, -0.25) is 9.67 Å². The average Bonchev–Trinajstić information content (AvgIpc) is 3.19. The summed E-state index contributed by atoms with van der Waals surface area (Å²) in [6.07, 6.45) is 4.85. The van der Waals surface area contributed by atoms with E-state index >= 15 is 0 Å². The summed E-state index contributed by atoms with van der Waals surface area (Å²) in [4.78, 5) is 4.69. The van der Waals surface area contributed by atoms with Gasteiger partial charge in [-0.2, -0.15) is 5.10 Å². The lowest BCUT2D eigenvalue weighted by molar-refractivity contribution is 0.0646. The normalized spacial score (nSPS) is 14.0. The van der Waals surface area contributed by atoms with Crippen LogP contribution in [-0.2, 0) is 11.3 Å². The van der Waals surface area contributed by atoms with E-state index in [1.54, 1.807) is 0 Å². The van der Waals surface area contributed by atoms with E-state index in [1.807, 2.05) is 41.3 Å². The minimum absolute atomic E-state index is 0.122.